The molecule has 0 heterocycles. The van der Waals surface area contributed by atoms with Crippen LogP contribution in [-0.4, -0.2) is 17.2 Å². The molecule has 0 fully saturated rings. The first kappa shape index (κ1) is 13.9. The van der Waals surface area contributed by atoms with Crippen LogP contribution in [0, 0.1) is 0 Å². The molecule has 2 aromatic rings. The number of amides is 1. The summed E-state index contributed by atoms with van der Waals surface area (Å²) in [4.78, 5) is 13.9. The van der Waals surface area contributed by atoms with Crippen LogP contribution in [0.5, 0.6) is 0 Å². The normalized spacial score (nSPS) is 11.7. The van der Waals surface area contributed by atoms with Gasteiger partial charge in [-0.15, -0.1) is 0 Å². The summed E-state index contributed by atoms with van der Waals surface area (Å²) < 4.78 is 0. The summed E-state index contributed by atoms with van der Waals surface area (Å²) in [6, 6.07) is 13.4. The van der Waals surface area contributed by atoms with Gasteiger partial charge in [0.05, 0.1) is 6.04 Å². The van der Waals surface area contributed by atoms with Gasteiger partial charge in [-0.1, -0.05) is 47.6 Å². The molecular formula is C14H14N4O2. The van der Waals surface area contributed by atoms with Crippen molar-refractivity contribution >= 4 is 16.7 Å². The quantitative estimate of drug-likeness (QED) is 0.287. The molecule has 0 aliphatic rings. The highest BCUT2D eigenvalue weighted by molar-refractivity contribution is 5.83. The van der Waals surface area contributed by atoms with Gasteiger partial charge in [0.15, 0.2) is 0 Å². The lowest BCUT2D eigenvalue weighted by Crippen LogP contribution is -2.24. The Hall–Kier alpha value is -2.56. The largest absolute Gasteiger partial charge is 0.289 e. The Labute approximate surface area is 115 Å². The Balaban J connectivity index is 2.19. The Morgan fingerprint density at radius 1 is 1.30 bits per heavy atom. The van der Waals surface area contributed by atoms with E-state index in [-0.39, 0.29) is 6.42 Å². The smallest absolute Gasteiger partial charge is 0.243 e. The van der Waals surface area contributed by atoms with Gasteiger partial charge >= 0.3 is 0 Å². The number of azide groups is 1. The van der Waals surface area contributed by atoms with E-state index in [0.29, 0.717) is 6.42 Å². The molecule has 2 rings (SSSR count). The summed E-state index contributed by atoms with van der Waals surface area (Å²) in [5.74, 6) is -0.566. The Morgan fingerprint density at radius 2 is 2.05 bits per heavy atom. The summed E-state index contributed by atoms with van der Waals surface area (Å²) in [6.45, 7) is 0. The molecule has 0 saturated heterocycles. The molecule has 1 atom stereocenters. The predicted octanol–water partition coefficient (Wildman–Crippen LogP) is 2.96. The number of benzene rings is 2. The number of hydrogen-bond acceptors (Lipinski definition) is 3. The van der Waals surface area contributed by atoms with Crippen LogP contribution in [0.2, 0.25) is 0 Å². The van der Waals surface area contributed by atoms with Gasteiger partial charge in [-0.3, -0.25) is 10.0 Å². The van der Waals surface area contributed by atoms with Crippen LogP contribution in [0.15, 0.2) is 47.6 Å². The van der Waals surface area contributed by atoms with Crippen molar-refractivity contribution in [3.05, 3.63) is 58.5 Å². The number of nitrogens with one attached hydrogen (secondary N) is 1. The van der Waals surface area contributed by atoms with E-state index >= 15 is 0 Å². The molecule has 0 aromatic heterocycles. The highest BCUT2D eigenvalue weighted by atomic mass is 16.5. The van der Waals surface area contributed by atoms with Crippen molar-refractivity contribution in [3.8, 4) is 0 Å². The highest BCUT2D eigenvalue weighted by Crippen LogP contribution is 2.18. The van der Waals surface area contributed by atoms with Crippen molar-refractivity contribution in [2.24, 2.45) is 5.11 Å². The van der Waals surface area contributed by atoms with Crippen molar-refractivity contribution in [2.75, 3.05) is 0 Å². The number of carbonyl (C=O) groups excluding carboxylic acids is 1. The Morgan fingerprint density at radius 3 is 2.75 bits per heavy atom. The number of hydroxylamine groups is 1. The van der Waals surface area contributed by atoms with Gasteiger partial charge in [-0.05, 0) is 28.3 Å². The topological polar surface area (TPSA) is 98.1 Å². The Bertz CT molecular complexity index is 665. The SMILES string of the molecule is [N-]=[N+]=N[C@@H](CC(=O)NO)Cc1ccc2ccccc2c1. The predicted molar refractivity (Wildman–Crippen MR) is 75.1 cm³/mol. The monoisotopic (exact) mass is 270 g/mol. The molecule has 0 saturated carbocycles. The molecule has 6 nitrogen and oxygen atoms in total. The fourth-order valence-electron chi connectivity index (χ4n) is 2.12. The van der Waals surface area contributed by atoms with E-state index in [4.69, 9.17) is 10.7 Å². The molecule has 0 bridgehead atoms. The molecule has 0 radical (unpaired) electrons. The van der Waals surface area contributed by atoms with Gasteiger partial charge in [0, 0.05) is 11.3 Å². The second kappa shape index (κ2) is 6.56. The molecule has 2 N–H and O–H groups in total. The van der Waals surface area contributed by atoms with Crippen LogP contribution in [0.4, 0.5) is 0 Å². The van der Waals surface area contributed by atoms with Crippen molar-refractivity contribution in [1.82, 2.24) is 5.48 Å². The second-order valence-corrected chi connectivity index (χ2v) is 4.48. The molecule has 0 unspecified atom stereocenters. The number of carbonyl (C=O) groups is 1. The molecule has 0 aliphatic carbocycles. The maximum absolute atomic E-state index is 11.2. The maximum Gasteiger partial charge on any atom is 0.243 e. The van der Waals surface area contributed by atoms with E-state index in [1.165, 1.54) is 0 Å². The van der Waals surface area contributed by atoms with E-state index < -0.39 is 11.9 Å². The van der Waals surface area contributed by atoms with Gasteiger partial charge < -0.3 is 0 Å². The van der Waals surface area contributed by atoms with Crippen molar-refractivity contribution in [1.29, 1.82) is 0 Å². The molecule has 20 heavy (non-hydrogen) atoms. The minimum absolute atomic E-state index is 0.0482. The summed E-state index contributed by atoms with van der Waals surface area (Å²) in [6.07, 6.45) is 0.399. The van der Waals surface area contributed by atoms with Gasteiger partial charge in [-0.25, -0.2) is 5.48 Å². The lowest BCUT2D eigenvalue weighted by Gasteiger charge is -2.10. The van der Waals surface area contributed by atoms with E-state index in [0.717, 1.165) is 16.3 Å². The number of fused-ring (bicyclic) bond motifs is 1. The zero-order chi connectivity index (χ0) is 14.4. The fraction of sp³-hybridized carbons (Fsp3) is 0.214. The number of rotatable bonds is 5. The van der Waals surface area contributed by atoms with Crippen LogP contribution in [-0.2, 0) is 11.2 Å². The first-order valence-electron chi connectivity index (χ1n) is 6.17. The third kappa shape index (κ3) is 3.47. The van der Waals surface area contributed by atoms with Gasteiger partial charge in [0.2, 0.25) is 5.91 Å². The highest BCUT2D eigenvalue weighted by Gasteiger charge is 2.13. The zero-order valence-electron chi connectivity index (χ0n) is 10.7. The van der Waals surface area contributed by atoms with E-state index in [2.05, 4.69) is 10.0 Å². The van der Waals surface area contributed by atoms with Crippen molar-refractivity contribution in [3.63, 3.8) is 0 Å². The first-order valence-corrected chi connectivity index (χ1v) is 6.17. The second-order valence-electron chi connectivity index (χ2n) is 4.48. The van der Waals surface area contributed by atoms with Crippen molar-refractivity contribution < 1.29 is 10.0 Å². The number of hydrogen-bond donors (Lipinski definition) is 2. The van der Waals surface area contributed by atoms with Crippen LogP contribution < -0.4 is 5.48 Å². The summed E-state index contributed by atoms with van der Waals surface area (Å²) in [5.41, 5.74) is 11.1. The van der Waals surface area contributed by atoms with Crippen molar-refractivity contribution in [2.45, 2.75) is 18.9 Å². The zero-order valence-corrected chi connectivity index (χ0v) is 10.7. The van der Waals surface area contributed by atoms with Crippen LogP contribution in [0.25, 0.3) is 21.2 Å². The van der Waals surface area contributed by atoms with E-state index in [1.807, 2.05) is 42.5 Å². The van der Waals surface area contributed by atoms with E-state index in [9.17, 15) is 4.79 Å². The molecule has 0 spiro atoms. The molecule has 0 aliphatic heterocycles. The van der Waals surface area contributed by atoms with Crippen LogP contribution >= 0.6 is 0 Å². The summed E-state index contributed by atoms with van der Waals surface area (Å²) in [5, 5.41) is 14.3. The van der Waals surface area contributed by atoms with Gasteiger partial charge in [0.25, 0.3) is 0 Å². The molecule has 6 heteroatoms. The summed E-state index contributed by atoms with van der Waals surface area (Å²) >= 11 is 0. The van der Waals surface area contributed by atoms with Gasteiger partial charge in [0.1, 0.15) is 0 Å². The molecular weight excluding hydrogens is 256 g/mol. The standard InChI is InChI=1S/C14H14N4O2/c15-18-16-13(9-14(19)17-20)8-10-5-6-11-3-1-2-4-12(11)7-10/h1-7,13,20H,8-9H2,(H,17,19)/t13-/m1/s1. The molecule has 102 valence electrons. The van der Waals surface area contributed by atoms with Crippen LogP contribution in [0.1, 0.15) is 12.0 Å². The third-order valence-corrected chi connectivity index (χ3v) is 3.05. The minimum atomic E-state index is -0.566. The lowest BCUT2D eigenvalue weighted by atomic mass is 10.0. The van der Waals surface area contributed by atoms with E-state index in [1.54, 1.807) is 5.48 Å². The molecule has 1 amide bonds. The maximum atomic E-state index is 11.2. The average molecular weight is 270 g/mol. The summed E-state index contributed by atoms with van der Waals surface area (Å²) in [7, 11) is 0. The average Bonchev–Trinajstić information content (AvgIpc) is 2.47. The van der Waals surface area contributed by atoms with Crippen LogP contribution in [0.3, 0.4) is 0 Å². The van der Waals surface area contributed by atoms with Gasteiger partial charge in [-0.2, -0.15) is 0 Å². The lowest BCUT2D eigenvalue weighted by molar-refractivity contribution is -0.129. The number of nitrogens with zero attached hydrogens (tertiary/aromatic N) is 3. The molecule has 2 aromatic carbocycles. The minimum Gasteiger partial charge on any atom is -0.289 e. The fourth-order valence-corrected chi connectivity index (χ4v) is 2.12. The first-order chi connectivity index (χ1) is 9.72. The third-order valence-electron chi connectivity index (χ3n) is 3.05. The Kier molecular flexibility index (Phi) is 4.55.